The number of hydrogen-bond donors (Lipinski definition) is 1. The maximum Gasteiger partial charge on any atom is 0.282 e. The molecule has 0 aliphatic heterocycles. The van der Waals surface area contributed by atoms with Gasteiger partial charge in [0.25, 0.3) is 12.3 Å². The fraction of sp³-hybridized carbons (Fsp3) is 0.111. The van der Waals surface area contributed by atoms with E-state index in [0.29, 0.717) is 0 Å². The van der Waals surface area contributed by atoms with Crippen molar-refractivity contribution < 1.29 is 22.4 Å². The summed E-state index contributed by atoms with van der Waals surface area (Å²) in [5.41, 5.74) is 4.76. The van der Waals surface area contributed by atoms with Crippen LogP contribution in [-0.2, 0) is 7.05 Å². The van der Waals surface area contributed by atoms with Crippen LogP contribution in [0.5, 0.6) is 0 Å². The number of nitrogens with zero attached hydrogens (tertiary/aromatic N) is 2. The van der Waals surface area contributed by atoms with Crippen LogP contribution in [0.15, 0.2) is 42.5 Å². The summed E-state index contributed by atoms with van der Waals surface area (Å²) in [5.74, 6) is -2.64. The minimum atomic E-state index is -3.01. The highest BCUT2D eigenvalue weighted by Crippen LogP contribution is 2.37. The van der Waals surface area contributed by atoms with E-state index in [4.69, 9.17) is 5.73 Å². The zero-order chi connectivity index (χ0) is 19.0. The minimum absolute atomic E-state index is 0.0344. The first-order valence-electron chi connectivity index (χ1n) is 7.51. The topological polar surface area (TPSA) is 60.9 Å². The average molecular weight is 363 g/mol. The molecule has 134 valence electrons. The Bertz CT molecular complexity index is 998. The highest BCUT2D eigenvalue weighted by Gasteiger charge is 2.28. The summed E-state index contributed by atoms with van der Waals surface area (Å²) in [6, 6.07) is 9.29. The number of nitrogens with two attached hydrogens (primary N) is 1. The fourth-order valence-corrected chi connectivity index (χ4v) is 2.88. The van der Waals surface area contributed by atoms with E-state index in [-0.39, 0.29) is 22.4 Å². The molecule has 0 fully saturated rings. The van der Waals surface area contributed by atoms with E-state index in [1.54, 1.807) is 12.1 Å². The van der Waals surface area contributed by atoms with Gasteiger partial charge in [-0.2, -0.15) is 5.10 Å². The number of primary amides is 1. The molecule has 0 atom stereocenters. The van der Waals surface area contributed by atoms with E-state index in [9.17, 15) is 22.4 Å². The lowest BCUT2D eigenvalue weighted by molar-refractivity contribution is 0.0985. The lowest BCUT2D eigenvalue weighted by Gasteiger charge is -2.12. The summed E-state index contributed by atoms with van der Waals surface area (Å²) in [7, 11) is 1.38. The molecule has 2 aromatic carbocycles. The van der Waals surface area contributed by atoms with Gasteiger partial charge in [0.05, 0.1) is 11.3 Å². The number of hydrogen-bond acceptors (Lipinski definition) is 2. The van der Waals surface area contributed by atoms with Crippen molar-refractivity contribution in [3.8, 4) is 22.4 Å². The van der Waals surface area contributed by atoms with Crippen molar-refractivity contribution in [1.29, 1.82) is 0 Å². The van der Waals surface area contributed by atoms with Crippen molar-refractivity contribution in [2.24, 2.45) is 12.8 Å². The second-order valence-corrected chi connectivity index (χ2v) is 5.57. The lowest BCUT2D eigenvalue weighted by atomic mass is 9.94. The summed E-state index contributed by atoms with van der Waals surface area (Å²) in [4.78, 5) is 11.8. The van der Waals surface area contributed by atoms with Crippen LogP contribution in [0.4, 0.5) is 17.6 Å². The van der Waals surface area contributed by atoms with Crippen LogP contribution in [-0.4, -0.2) is 15.7 Å². The molecule has 1 heterocycles. The molecule has 1 amide bonds. The number of aromatic nitrogens is 2. The molecule has 0 unspecified atom stereocenters. The predicted molar refractivity (Wildman–Crippen MR) is 87.5 cm³/mol. The Morgan fingerprint density at radius 3 is 2.31 bits per heavy atom. The van der Waals surface area contributed by atoms with Crippen molar-refractivity contribution in [2.75, 3.05) is 0 Å². The van der Waals surface area contributed by atoms with Crippen LogP contribution >= 0.6 is 0 Å². The van der Waals surface area contributed by atoms with Gasteiger partial charge in [0, 0.05) is 24.2 Å². The van der Waals surface area contributed by atoms with Crippen molar-refractivity contribution in [3.63, 3.8) is 0 Å². The molecule has 1 aromatic heterocycles. The number of amides is 1. The molecule has 0 spiro atoms. The normalized spacial score (nSPS) is 11.2. The highest BCUT2D eigenvalue weighted by atomic mass is 19.3. The Balaban J connectivity index is 2.32. The number of alkyl halides is 2. The Morgan fingerprint density at radius 1 is 1.08 bits per heavy atom. The standard InChI is InChI=1S/C18H13F4N3O/c1-25-16(14(18(23)26)15(24-25)17(21)22)12-5-3-2-4-10(12)11-7-6-9(19)8-13(11)20/h2-8,17H,1H3,(H2,23,26). The summed E-state index contributed by atoms with van der Waals surface area (Å²) >= 11 is 0. The number of benzene rings is 2. The van der Waals surface area contributed by atoms with E-state index in [1.165, 1.54) is 25.2 Å². The molecular formula is C18H13F4N3O. The molecule has 0 aliphatic carbocycles. The predicted octanol–water partition coefficient (Wildman–Crippen LogP) is 4.07. The van der Waals surface area contributed by atoms with Gasteiger partial charge in [-0.25, -0.2) is 17.6 Å². The number of carbonyl (C=O) groups excluding carboxylic acids is 1. The van der Waals surface area contributed by atoms with Crippen LogP contribution in [0, 0.1) is 11.6 Å². The molecule has 3 aromatic rings. The first-order chi connectivity index (χ1) is 12.3. The second kappa shape index (κ2) is 6.62. The highest BCUT2D eigenvalue weighted by molar-refractivity contribution is 6.02. The smallest absolute Gasteiger partial charge is 0.282 e. The van der Waals surface area contributed by atoms with Crippen LogP contribution in [0.3, 0.4) is 0 Å². The number of rotatable bonds is 4. The Morgan fingerprint density at radius 2 is 1.73 bits per heavy atom. The third-order valence-corrected chi connectivity index (χ3v) is 3.93. The van der Waals surface area contributed by atoms with E-state index >= 15 is 0 Å². The van der Waals surface area contributed by atoms with Crippen LogP contribution < -0.4 is 5.73 Å². The van der Waals surface area contributed by atoms with Gasteiger partial charge in [0.2, 0.25) is 0 Å². The number of aryl methyl sites for hydroxylation is 1. The van der Waals surface area contributed by atoms with Gasteiger partial charge in [0.15, 0.2) is 0 Å². The van der Waals surface area contributed by atoms with Gasteiger partial charge < -0.3 is 5.73 Å². The van der Waals surface area contributed by atoms with E-state index in [2.05, 4.69) is 5.10 Å². The summed E-state index contributed by atoms with van der Waals surface area (Å²) in [6.45, 7) is 0. The van der Waals surface area contributed by atoms with Gasteiger partial charge in [-0.15, -0.1) is 0 Å². The third kappa shape index (κ3) is 2.94. The zero-order valence-electron chi connectivity index (χ0n) is 13.5. The minimum Gasteiger partial charge on any atom is -0.365 e. The van der Waals surface area contributed by atoms with Crippen molar-refractivity contribution in [1.82, 2.24) is 9.78 Å². The largest absolute Gasteiger partial charge is 0.365 e. The first-order valence-corrected chi connectivity index (χ1v) is 7.51. The van der Waals surface area contributed by atoms with E-state index in [1.807, 2.05) is 0 Å². The molecule has 4 nitrogen and oxygen atoms in total. The maximum absolute atomic E-state index is 14.3. The summed E-state index contributed by atoms with van der Waals surface area (Å²) < 4.78 is 55.1. The van der Waals surface area contributed by atoms with Crippen molar-refractivity contribution >= 4 is 5.91 Å². The molecular weight excluding hydrogens is 350 g/mol. The van der Waals surface area contributed by atoms with Gasteiger partial charge in [-0.3, -0.25) is 9.48 Å². The maximum atomic E-state index is 14.3. The van der Waals surface area contributed by atoms with Gasteiger partial charge >= 0.3 is 0 Å². The number of halogens is 4. The lowest BCUT2D eigenvalue weighted by Crippen LogP contribution is -2.14. The molecule has 2 N–H and O–H groups in total. The molecule has 0 saturated carbocycles. The molecule has 0 bridgehead atoms. The third-order valence-electron chi connectivity index (χ3n) is 3.93. The summed E-state index contributed by atoms with van der Waals surface area (Å²) in [6.07, 6.45) is -3.01. The Kier molecular flexibility index (Phi) is 4.50. The fourth-order valence-electron chi connectivity index (χ4n) is 2.88. The van der Waals surface area contributed by atoms with Crippen LogP contribution in [0.25, 0.3) is 22.4 Å². The Hall–Kier alpha value is -3.16. The van der Waals surface area contributed by atoms with Crippen LogP contribution in [0.2, 0.25) is 0 Å². The zero-order valence-corrected chi connectivity index (χ0v) is 13.5. The molecule has 3 rings (SSSR count). The quantitative estimate of drug-likeness (QED) is 0.711. The van der Waals surface area contributed by atoms with Gasteiger partial charge in [-0.05, 0) is 17.7 Å². The summed E-state index contributed by atoms with van der Waals surface area (Å²) in [5, 5.41) is 3.69. The molecule has 0 saturated heterocycles. The molecule has 8 heteroatoms. The molecule has 0 aliphatic rings. The van der Waals surface area contributed by atoms with Crippen LogP contribution in [0.1, 0.15) is 22.5 Å². The van der Waals surface area contributed by atoms with Gasteiger partial charge in [0.1, 0.15) is 17.3 Å². The number of carbonyl (C=O) groups is 1. The van der Waals surface area contributed by atoms with E-state index < -0.39 is 35.2 Å². The first kappa shape index (κ1) is 17.7. The van der Waals surface area contributed by atoms with Crippen molar-refractivity contribution in [3.05, 3.63) is 65.4 Å². The average Bonchev–Trinajstić information content (AvgIpc) is 2.93. The molecule has 0 radical (unpaired) electrons. The monoisotopic (exact) mass is 363 g/mol. The second-order valence-electron chi connectivity index (χ2n) is 5.57. The Labute approximate surface area is 145 Å². The van der Waals surface area contributed by atoms with Gasteiger partial charge in [-0.1, -0.05) is 24.3 Å². The van der Waals surface area contributed by atoms with E-state index in [0.717, 1.165) is 16.8 Å². The molecule has 26 heavy (non-hydrogen) atoms. The van der Waals surface area contributed by atoms with Crippen molar-refractivity contribution in [2.45, 2.75) is 6.43 Å². The SMILES string of the molecule is Cn1nc(C(F)F)c(C(N)=O)c1-c1ccccc1-c1ccc(F)cc1F.